The lowest BCUT2D eigenvalue weighted by Gasteiger charge is -2.17. The molecule has 0 saturated carbocycles. The van der Waals surface area contributed by atoms with Gasteiger partial charge in [0.25, 0.3) is 0 Å². The molecule has 0 radical (unpaired) electrons. The summed E-state index contributed by atoms with van der Waals surface area (Å²) in [5.74, 6) is -1.17. The smallest absolute Gasteiger partial charge is 0.223 e. The highest BCUT2D eigenvalue weighted by atomic mass is 32.2. The minimum atomic E-state index is -4.05. The van der Waals surface area contributed by atoms with Gasteiger partial charge in [0, 0.05) is 11.4 Å². The van der Waals surface area contributed by atoms with E-state index in [9.17, 15) is 25.6 Å². The molecule has 0 aliphatic carbocycles. The Bertz CT molecular complexity index is 1140. The van der Waals surface area contributed by atoms with Gasteiger partial charge in [-0.2, -0.15) is 0 Å². The maximum absolute atomic E-state index is 13.2. The first kappa shape index (κ1) is 20.6. The zero-order chi connectivity index (χ0) is 20.4. The quantitative estimate of drug-likeness (QED) is 0.567. The van der Waals surface area contributed by atoms with E-state index in [0.29, 0.717) is 4.88 Å². The summed E-state index contributed by atoms with van der Waals surface area (Å²) >= 11 is 1.17. The number of hydrogen-bond donors (Lipinski definition) is 1. The van der Waals surface area contributed by atoms with Crippen LogP contribution < -0.4 is 4.72 Å². The maximum atomic E-state index is 13.2. The third-order valence-electron chi connectivity index (χ3n) is 3.96. The predicted octanol–water partition coefficient (Wildman–Crippen LogP) is 3.52. The normalized spacial score (nSPS) is 13.4. The first-order chi connectivity index (χ1) is 13.2. The third kappa shape index (κ3) is 4.46. The number of rotatable bonds is 7. The van der Waals surface area contributed by atoms with Crippen LogP contribution in [0.2, 0.25) is 0 Å². The molecule has 3 aromatic rings. The van der Waals surface area contributed by atoms with Crippen LogP contribution in [0.5, 0.6) is 0 Å². The molecule has 1 aromatic heterocycles. The van der Waals surface area contributed by atoms with Crippen molar-refractivity contribution in [1.29, 1.82) is 0 Å². The number of sulfone groups is 1. The maximum Gasteiger partial charge on any atom is 0.240 e. The number of hydrogen-bond acceptors (Lipinski definition) is 5. The van der Waals surface area contributed by atoms with Crippen molar-refractivity contribution in [2.45, 2.75) is 15.0 Å². The van der Waals surface area contributed by atoms with Crippen molar-refractivity contribution in [3.05, 3.63) is 82.6 Å². The van der Waals surface area contributed by atoms with Crippen molar-refractivity contribution in [3.8, 4) is 0 Å². The fraction of sp³-hybridized carbons (Fsp3) is 0.111. The fourth-order valence-electron chi connectivity index (χ4n) is 2.51. The summed E-state index contributed by atoms with van der Waals surface area (Å²) < 4.78 is 79.4. The Morgan fingerprint density at radius 1 is 0.821 bits per heavy atom. The van der Waals surface area contributed by atoms with Gasteiger partial charge in [0.1, 0.15) is 16.9 Å². The second-order valence-electron chi connectivity index (χ2n) is 5.81. The van der Waals surface area contributed by atoms with Crippen LogP contribution in [0.25, 0.3) is 0 Å². The lowest BCUT2D eigenvalue weighted by molar-refractivity contribution is 0.569. The molecule has 1 atom stereocenters. The Balaban J connectivity index is 1.91. The van der Waals surface area contributed by atoms with Crippen LogP contribution in [0.1, 0.15) is 10.1 Å². The molecule has 28 heavy (non-hydrogen) atoms. The van der Waals surface area contributed by atoms with E-state index < -0.39 is 43.3 Å². The van der Waals surface area contributed by atoms with E-state index in [2.05, 4.69) is 4.72 Å². The van der Waals surface area contributed by atoms with E-state index in [1.807, 2.05) is 0 Å². The Kier molecular flexibility index (Phi) is 5.94. The highest BCUT2D eigenvalue weighted by Gasteiger charge is 2.31. The molecule has 3 rings (SSSR count). The number of thiophene rings is 1. The molecule has 1 heterocycles. The molecule has 0 spiro atoms. The molecule has 1 N–H and O–H groups in total. The second kappa shape index (κ2) is 8.08. The van der Waals surface area contributed by atoms with Crippen LogP contribution in [0, 0.1) is 11.6 Å². The molecule has 148 valence electrons. The second-order valence-corrected chi connectivity index (χ2v) is 10.7. The van der Waals surface area contributed by atoms with E-state index in [-0.39, 0.29) is 9.79 Å². The average Bonchev–Trinajstić information content (AvgIpc) is 3.16. The molecular weight excluding hydrogens is 428 g/mol. The fourth-order valence-corrected chi connectivity index (χ4v) is 6.45. The number of benzene rings is 2. The van der Waals surface area contributed by atoms with Crippen LogP contribution in [0.4, 0.5) is 8.78 Å². The Labute approximate surface area is 165 Å². The molecule has 0 fully saturated rings. The average molecular weight is 444 g/mol. The van der Waals surface area contributed by atoms with Gasteiger partial charge in [0.05, 0.1) is 9.79 Å². The van der Waals surface area contributed by atoms with Crippen molar-refractivity contribution in [1.82, 2.24) is 4.72 Å². The molecule has 0 aliphatic rings. The summed E-state index contributed by atoms with van der Waals surface area (Å²) in [5, 5.41) is 0.477. The van der Waals surface area contributed by atoms with E-state index in [0.717, 1.165) is 48.5 Å². The lowest BCUT2D eigenvalue weighted by Crippen LogP contribution is -2.31. The summed E-state index contributed by atoms with van der Waals surface area (Å²) in [4.78, 5) is 0.137. The van der Waals surface area contributed by atoms with Crippen LogP contribution in [-0.2, 0) is 19.9 Å². The summed E-state index contributed by atoms with van der Waals surface area (Å²) in [5.41, 5.74) is 0. The largest absolute Gasteiger partial charge is 0.240 e. The van der Waals surface area contributed by atoms with Gasteiger partial charge in [-0.15, -0.1) is 11.3 Å². The zero-order valence-corrected chi connectivity index (χ0v) is 16.7. The first-order valence-corrected chi connectivity index (χ1v) is 11.9. The molecule has 0 unspecified atom stereocenters. The Morgan fingerprint density at radius 2 is 1.36 bits per heavy atom. The number of sulfonamides is 1. The molecule has 0 aliphatic heterocycles. The summed E-state index contributed by atoms with van der Waals surface area (Å²) in [6.45, 7) is -0.431. The zero-order valence-electron chi connectivity index (χ0n) is 14.2. The Hall–Kier alpha value is -2.14. The highest BCUT2D eigenvalue weighted by molar-refractivity contribution is 7.92. The first-order valence-electron chi connectivity index (χ1n) is 7.98. The van der Waals surface area contributed by atoms with Gasteiger partial charge in [-0.1, -0.05) is 6.07 Å². The predicted molar refractivity (Wildman–Crippen MR) is 102 cm³/mol. The summed E-state index contributed by atoms with van der Waals surface area (Å²) in [6, 6.07) is 11.8. The molecule has 10 heteroatoms. The van der Waals surface area contributed by atoms with Crippen molar-refractivity contribution < 1.29 is 25.6 Å². The molecular formula is C18H15F2NO4S3. The number of halogens is 2. The van der Waals surface area contributed by atoms with Gasteiger partial charge >= 0.3 is 0 Å². The van der Waals surface area contributed by atoms with Crippen molar-refractivity contribution in [3.63, 3.8) is 0 Å². The topological polar surface area (TPSA) is 80.3 Å². The van der Waals surface area contributed by atoms with Crippen molar-refractivity contribution in [2.75, 3.05) is 6.54 Å². The van der Waals surface area contributed by atoms with Gasteiger partial charge in [-0.25, -0.2) is 30.3 Å². The standard InChI is InChI=1S/C18H15F2NO4S3/c19-13-3-7-15(8-4-13)27(22,23)18(17-2-1-11-26-17)12-21-28(24,25)16-9-5-14(20)6-10-16/h1-11,18,21H,12H2/t18-/m0/s1. The van der Waals surface area contributed by atoms with E-state index in [4.69, 9.17) is 0 Å². The van der Waals surface area contributed by atoms with E-state index >= 15 is 0 Å². The van der Waals surface area contributed by atoms with Gasteiger partial charge in [0.15, 0.2) is 9.84 Å². The van der Waals surface area contributed by atoms with Gasteiger partial charge in [-0.05, 0) is 60.0 Å². The summed E-state index contributed by atoms with van der Waals surface area (Å²) in [7, 11) is -8.04. The third-order valence-corrected chi connectivity index (χ3v) is 8.63. The van der Waals surface area contributed by atoms with Gasteiger partial charge in [0.2, 0.25) is 10.0 Å². The van der Waals surface area contributed by atoms with Crippen LogP contribution >= 0.6 is 11.3 Å². The van der Waals surface area contributed by atoms with Gasteiger partial charge < -0.3 is 0 Å². The van der Waals surface area contributed by atoms with E-state index in [1.54, 1.807) is 17.5 Å². The van der Waals surface area contributed by atoms with Gasteiger partial charge in [-0.3, -0.25) is 0 Å². The molecule has 0 bridgehead atoms. The Morgan fingerprint density at radius 3 is 1.86 bits per heavy atom. The number of nitrogens with one attached hydrogen (secondary N) is 1. The monoisotopic (exact) mass is 443 g/mol. The van der Waals surface area contributed by atoms with E-state index in [1.165, 1.54) is 11.3 Å². The van der Waals surface area contributed by atoms with Crippen molar-refractivity contribution >= 4 is 31.2 Å². The van der Waals surface area contributed by atoms with Crippen molar-refractivity contribution in [2.24, 2.45) is 0 Å². The molecule has 0 amide bonds. The lowest BCUT2D eigenvalue weighted by atomic mass is 10.3. The SMILES string of the molecule is O=S(=O)(NC[C@@H](c1cccs1)S(=O)(=O)c1ccc(F)cc1)c1ccc(F)cc1. The minimum absolute atomic E-state index is 0.117. The molecule has 5 nitrogen and oxygen atoms in total. The van der Waals surface area contributed by atoms with Crippen LogP contribution in [0.3, 0.4) is 0 Å². The molecule has 0 saturated heterocycles. The summed E-state index contributed by atoms with van der Waals surface area (Å²) in [6.07, 6.45) is 0. The van der Waals surface area contributed by atoms with Crippen LogP contribution in [-0.4, -0.2) is 23.4 Å². The van der Waals surface area contributed by atoms with Crippen LogP contribution in [0.15, 0.2) is 75.8 Å². The minimum Gasteiger partial charge on any atom is -0.223 e. The molecule has 2 aromatic carbocycles. The highest BCUT2D eigenvalue weighted by Crippen LogP contribution is 2.31.